The quantitative estimate of drug-likeness (QED) is 0.322. The third kappa shape index (κ3) is 3.86. The molecule has 1 aromatic rings. The van der Waals surface area contributed by atoms with E-state index in [-0.39, 0.29) is 28.9 Å². The number of guanidine groups is 1. The molecule has 7 heteroatoms. The lowest BCUT2D eigenvalue weighted by molar-refractivity contribution is -0.134. The van der Waals surface area contributed by atoms with Crippen molar-refractivity contribution in [1.29, 1.82) is 0 Å². The summed E-state index contributed by atoms with van der Waals surface area (Å²) in [5, 5.41) is 14.2. The summed E-state index contributed by atoms with van der Waals surface area (Å²) < 4.78 is 0. The molecule has 214 valence electrons. The lowest BCUT2D eigenvalue weighted by Gasteiger charge is -2.59. The summed E-state index contributed by atoms with van der Waals surface area (Å²) in [4.78, 5) is 18.9. The van der Waals surface area contributed by atoms with Gasteiger partial charge in [0.05, 0.1) is 11.5 Å². The normalized spacial score (nSPS) is 42.6. The average Bonchev–Trinajstić information content (AvgIpc) is 3.25. The molecule has 6 aliphatic rings. The summed E-state index contributed by atoms with van der Waals surface area (Å²) in [6, 6.07) is 10.8. The van der Waals surface area contributed by atoms with Gasteiger partial charge in [-0.1, -0.05) is 76.6 Å². The van der Waals surface area contributed by atoms with Crippen LogP contribution >= 0.6 is 21.6 Å². The van der Waals surface area contributed by atoms with E-state index in [9.17, 15) is 9.90 Å². The summed E-state index contributed by atoms with van der Waals surface area (Å²) in [6.45, 7) is 3.52. The Labute approximate surface area is 246 Å². The molecule has 2 spiro atoms. The van der Waals surface area contributed by atoms with E-state index in [2.05, 4.69) is 59.7 Å². The molecule has 2 unspecified atom stereocenters. The number of carbonyl (C=O) groups is 1. The van der Waals surface area contributed by atoms with Gasteiger partial charge in [-0.25, -0.2) is 0 Å². The van der Waals surface area contributed by atoms with Crippen molar-refractivity contribution in [2.75, 3.05) is 24.7 Å². The molecule has 4 N–H and O–H groups in total. The van der Waals surface area contributed by atoms with Crippen molar-refractivity contribution in [3.63, 3.8) is 0 Å². The van der Waals surface area contributed by atoms with Crippen LogP contribution in [-0.4, -0.2) is 47.0 Å². The molecule has 4 aliphatic carbocycles. The molecule has 40 heavy (non-hydrogen) atoms. The number of nitrogens with two attached hydrogens (primary N) is 1. The van der Waals surface area contributed by atoms with E-state index in [4.69, 9.17) is 5.73 Å². The molecule has 5 bridgehead atoms. The number of rotatable bonds is 3. The number of aliphatic imine (C=N–C) groups is 1. The van der Waals surface area contributed by atoms with E-state index in [1.54, 1.807) is 0 Å². The Kier molecular flexibility index (Phi) is 6.95. The van der Waals surface area contributed by atoms with Gasteiger partial charge in [-0.3, -0.25) is 9.79 Å². The number of ketones is 1. The first-order chi connectivity index (χ1) is 19.4. The lowest BCUT2D eigenvalue weighted by Crippen LogP contribution is -2.61. The second-order valence-electron chi connectivity index (χ2n) is 13.5. The zero-order valence-corrected chi connectivity index (χ0v) is 25.2. The highest BCUT2D eigenvalue weighted by Gasteiger charge is 2.73. The molecule has 0 aromatic heterocycles. The lowest BCUT2D eigenvalue weighted by atomic mass is 9.44. The zero-order valence-electron chi connectivity index (χ0n) is 23.6. The standard InChI is InChI=1S/C33H43N3O2S2/c1-31-13-14-39-40-20-32(24(18-35-30(34)36-32)15-21-7-3-2-4-8-21)12-6-9-25-28-17-23(31)16-22(19-37)26-10-5-11-27(29(25)38)33(26,28)31/h2-5,7-8,11,22-24,26-27,37H,6,9-10,12-20H2,1H3,(H3,34,35,36)/t22-,23-,24-,26?,27?,31+,32-,33+/m1/s1. The van der Waals surface area contributed by atoms with Crippen LogP contribution in [0.1, 0.15) is 57.4 Å². The topological polar surface area (TPSA) is 87.7 Å². The molecular formula is C33H43N3O2S2. The van der Waals surface area contributed by atoms with Crippen LogP contribution in [-0.2, 0) is 11.2 Å². The maximum atomic E-state index is 14.3. The molecule has 8 atom stereocenters. The number of carbonyl (C=O) groups excluding carboxylic acids is 1. The summed E-state index contributed by atoms with van der Waals surface area (Å²) in [5.74, 6) is 4.61. The summed E-state index contributed by atoms with van der Waals surface area (Å²) in [6.07, 6.45) is 12.6. The van der Waals surface area contributed by atoms with Gasteiger partial charge in [0.15, 0.2) is 11.7 Å². The van der Waals surface area contributed by atoms with E-state index < -0.39 is 0 Å². The van der Waals surface area contributed by atoms with Crippen molar-refractivity contribution < 1.29 is 9.90 Å². The molecule has 2 fully saturated rings. The summed E-state index contributed by atoms with van der Waals surface area (Å²) in [5.41, 5.74) is 10.2. The van der Waals surface area contributed by atoms with Gasteiger partial charge in [0.2, 0.25) is 0 Å². The predicted octanol–water partition coefficient (Wildman–Crippen LogP) is 5.55. The second kappa shape index (κ2) is 10.2. The Morgan fingerprint density at radius 1 is 1.20 bits per heavy atom. The van der Waals surface area contributed by atoms with Gasteiger partial charge in [0.25, 0.3) is 0 Å². The van der Waals surface area contributed by atoms with Crippen molar-refractivity contribution in [2.45, 2.75) is 63.8 Å². The molecule has 0 amide bonds. The fourth-order valence-electron chi connectivity index (χ4n) is 10.2. The van der Waals surface area contributed by atoms with Crippen LogP contribution in [0.25, 0.3) is 0 Å². The smallest absolute Gasteiger partial charge is 0.189 e. The Balaban J connectivity index is 1.25. The Morgan fingerprint density at radius 2 is 2.05 bits per heavy atom. The maximum Gasteiger partial charge on any atom is 0.189 e. The van der Waals surface area contributed by atoms with Gasteiger partial charge in [-0.05, 0) is 85.7 Å². The minimum atomic E-state index is -0.144. The first kappa shape index (κ1) is 27.2. The Morgan fingerprint density at radius 3 is 2.88 bits per heavy atom. The first-order valence-electron chi connectivity index (χ1n) is 15.3. The van der Waals surface area contributed by atoms with E-state index >= 15 is 0 Å². The summed E-state index contributed by atoms with van der Waals surface area (Å²) >= 11 is 0. The van der Waals surface area contributed by atoms with E-state index in [1.165, 1.54) is 11.1 Å². The molecule has 0 saturated heterocycles. The first-order valence-corrected chi connectivity index (χ1v) is 17.8. The predicted molar refractivity (Wildman–Crippen MR) is 166 cm³/mol. The minimum absolute atomic E-state index is 0.0310. The third-order valence-corrected chi connectivity index (χ3v) is 14.6. The van der Waals surface area contributed by atoms with Crippen LogP contribution in [0, 0.1) is 40.4 Å². The summed E-state index contributed by atoms with van der Waals surface area (Å²) in [7, 11) is 4.02. The highest BCUT2D eigenvalue weighted by molar-refractivity contribution is 8.76. The van der Waals surface area contributed by atoms with Gasteiger partial charge in [-0.15, -0.1) is 0 Å². The largest absolute Gasteiger partial charge is 0.396 e. The number of Topliss-reactive ketones (excluding diaryl/α,β-unsaturated/α-hetero) is 1. The highest BCUT2D eigenvalue weighted by atomic mass is 33.1. The molecule has 7 rings (SSSR count). The van der Waals surface area contributed by atoms with Crippen molar-refractivity contribution in [1.82, 2.24) is 5.32 Å². The van der Waals surface area contributed by atoms with Crippen LogP contribution in [0.3, 0.4) is 0 Å². The maximum absolute atomic E-state index is 14.3. The van der Waals surface area contributed by atoms with Gasteiger partial charge in [0, 0.05) is 36.0 Å². The van der Waals surface area contributed by atoms with Crippen LogP contribution < -0.4 is 11.1 Å². The van der Waals surface area contributed by atoms with Crippen molar-refractivity contribution in [3.8, 4) is 0 Å². The van der Waals surface area contributed by atoms with Crippen LogP contribution in [0.5, 0.6) is 0 Å². The number of nitrogens with one attached hydrogen (secondary N) is 1. The minimum Gasteiger partial charge on any atom is -0.396 e. The monoisotopic (exact) mass is 577 g/mol. The number of benzene rings is 1. The zero-order chi connectivity index (χ0) is 27.5. The molecule has 0 radical (unpaired) electrons. The van der Waals surface area contributed by atoms with Crippen LogP contribution in [0.4, 0.5) is 0 Å². The molecule has 2 heterocycles. The molecular weight excluding hydrogens is 535 g/mol. The van der Waals surface area contributed by atoms with E-state index in [0.29, 0.717) is 35.4 Å². The second-order valence-corrected chi connectivity index (χ2v) is 16.1. The number of allylic oxidation sites excluding steroid dienone is 4. The van der Waals surface area contributed by atoms with Crippen LogP contribution in [0.15, 0.2) is 58.6 Å². The Hall–Kier alpha value is -1.70. The number of hydrogen-bond acceptors (Lipinski definition) is 7. The van der Waals surface area contributed by atoms with E-state index in [1.807, 2.05) is 21.6 Å². The van der Waals surface area contributed by atoms with Gasteiger partial charge in [-0.2, -0.15) is 0 Å². The van der Waals surface area contributed by atoms with Crippen molar-refractivity contribution in [2.24, 2.45) is 51.1 Å². The fraction of sp³-hybridized carbons (Fsp3) is 0.636. The van der Waals surface area contributed by atoms with Crippen molar-refractivity contribution >= 4 is 33.3 Å². The van der Waals surface area contributed by atoms with Gasteiger partial charge in [0.1, 0.15) is 0 Å². The fourth-order valence-corrected chi connectivity index (χ4v) is 13.1. The Bertz CT molecular complexity index is 1260. The average molecular weight is 578 g/mol. The molecule has 5 nitrogen and oxygen atoms in total. The number of nitrogens with zero attached hydrogens (tertiary/aromatic N) is 1. The molecule has 1 aromatic carbocycles. The van der Waals surface area contributed by atoms with Gasteiger partial charge < -0.3 is 16.2 Å². The SMILES string of the molecule is C[C@]12CCSSC[C@@]3(CCCC4=C5C[C@H]1C[C@H](CO)C1CC=CC(C4=O)[C@]512)NC(N)=NC[C@H]3Cc1ccccc1. The third-order valence-electron chi connectivity index (χ3n) is 12.0. The van der Waals surface area contributed by atoms with Crippen molar-refractivity contribution in [3.05, 3.63) is 59.2 Å². The number of aliphatic hydroxyl groups excluding tert-OH is 1. The van der Waals surface area contributed by atoms with E-state index in [0.717, 1.165) is 75.0 Å². The number of hydrogen-bond donors (Lipinski definition) is 3. The highest BCUT2D eigenvalue weighted by Crippen LogP contribution is 2.78. The van der Waals surface area contributed by atoms with Gasteiger partial charge >= 0.3 is 0 Å². The van der Waals surface area contributed by atoms with Crippen LogP contribution in [0.2, 0.25) is 0 Å². The molecule has 2 aliphatic heterocycles. The number of aliphatic hydroxyl groups is 1. The molecule has 2 saturated carbocycles.